The second-order valence-corrected chi connectivity index (χ2v) is 5.76. The summed E-state index contributed by atoms with van der Waals surface area (Å²) in [6.45, 7) is 2.54. The molecule has 0 aromatic heterocycles. The number of rotatable bonds is 4. The van der Waals surface area contributed by atoms with Crippen molar-refractivity contribution in [2.45, 2.75) is 32.1 Å². The maximum atomic E-state index is 13.7. The summed E-state index contributed by atoms with van der Waals surface area (Å²) in [7, 11) is 0. The van der Waals surface area contributed by atoms with Gasteiger partial charge in [0.25, 0.3) is 0 Å². The molecule has 6 heteroatoms. The molecule has 1 atom stereocenters. The van der Waals surface area contributed by atoms with Crippen LogP contribution in [0.25, 0.3) is 0 Å². The van der Waals surface area contributed by atoms with Crippen LogP contribution in [0.3, 0.4) is 0 Å². The highest BCUT2D eigenvalue weighted by Crippen LogP contribution is 2.25. The lowest BCUT2D eigenvalue weighted by atomic mass is 9.94. The lowest BCUT2D eigenvalue weighted by molar-refractivity contribution is -0.145. The van der Waals surface area contributed by atoms with Crippen LogP contribution in [-0.2, 0) is 9.59 Å². The summed E-state index contributed by atoms with van der Waals surface area (Å²) in [6.07, 6.45) is 1.01. The Labute approximate surface area is 127 Å². The molecule has 120 valence electrons. The van der Waals surface area contributed by atoms with Crippen LogP contribution in [0, 0.1) is 17.6 Å². The molecule has 1 aromatic rings. The van der Waals surface area contributed by atoms with Gasteiger partial charge in [-0.15, -0.1) is 0 Å². The largest absolute Gasteiger partial charge is 0.481 e. The number of piperidine rings is 1. The summed E-state index contributed by atoms with van der Waals surface area (Å²) in [5.74, 6) is -2.99. The number of hydrogen-bond donors (Lipinski definition) is 1. The average Bonchev–Trinajstić information content (AvgIpc) is 2.47. The average molecular weight is 311 g/mol. The smallest absolute Gasteiger partial charge is 0.306 e. The molecule has 0 spiro atoms. The number of amides is 1. The standard InChI is InChI=1S/C16H19F2NO3/c1-10(13-3-2-12(17)9-14(13)18)8-15(20)19-6-4-11(5-7-19)16(21)22/h2-3,9-11H,4-8H2,1H3,(H,21,22). The maximum Gasteiger partial charge on any atom is 0.306 e. The van der Waals surface area contributed by atoms with Crippen LogP contribution in [-0.4, -0.2) is 35.0 Å². The van der Waals surface area contributed by atoms with Gasteiger partial charge in [0.15, 0.2) is 0 Å². The van der Waals surface area contributed by atoms with E-state index in [-0.39, 0.29) is 18.2 Å². The van der Waals surface area contributed by atoms with Gasteiger partial charge in [-0.1, -0.05) is 13.0 Å². The van der Waals surface area contributed by atoms with Gasteiger partial charge in [-0.2, -0.15) is 0 Å². The first kappa shape index (κ1) is 16.4. The van der Waals surface area contributed by atoms with Gasteiger partial charge in [-0.05, 0) is 30.4 Å². The fraction of sp³-hybridized carbons (Fsp3) is 0.500. The molecule has 1 aromatic carbocycles. The number of carbonyl (C=O) groups is 2. The van der Waals surface area contributed by atoms with Crippen molar-refractivity contribution in [2.24, 2.45) is 5.92 Å². The van der Waals surface area contributed by atoms with E-state index in [0.717, 1.165) is 6.07 Å². The highest BCUT2D eigenvalue weighted by atomic mass is 19.1. The monoisotopic (exact) mass is 311 g/mol. The molecule has 0 bridgehead atoms. The Bertz CT molecular complexity index is 569. The first-order chi connectivity index (χ1) is 10.4. The first-order valence-electron chi connectivity index (χ1n) is 7.34. The Morgan fingerprint density at radius 3 is 2.50 bits per heavy atom. The summed E-state index contributed by atoms with van der Waals surface area (Å²) < 4.78 is 26.6. The molecule has 1 saturated heterocycles. The molecule has 4 nitrogen and oxygen atoms in total. The SMILES string of the molecule is CC(CC(=O)N1CCC(C(=O)O)CC1)c1ccc(F)cc1F. The zero-order valence-corrected chi connectivity index (χ0v) is 12.4. The fourth-order valence-electron chi connectivity index (χ4n) is 2.78. The van der Waals surface area contributed by atoms with Crippen molar-refractivity contribution in [1.29, 1.82) is 0 Å². The van der Waals surface area contributed by atoms with E-state index in [2.05, 4.69) is 0 Å². The topological polar surface area (TPSA) is 57.6 Å². The molecule has 1 amide bonds. The molecular weight excluding hydrogens is 292 g/mol. The maximum absolute atomic E-state index is 13.7. The van der Waals surface area contributed by atoms with Gasteiger partial charge in [0.05, 0.1) is 5.92 Å². The molecule has 1 aliphatic heterocycles. The number of halogens is 2. The number of carbonyl (C=O) groups excluding carboxylic acids is 1. The number of benzene rings is 1. The summed E-state index contributed by atoms with van der Waals surface area (Å²) in [6, 6.07) is 3.35. The zero-order valence-electron chi connectivity index (χ0n) is 12.4. The first-order valence-corrected chi connectivity index (χ1v) is 7.34. The highest BCUT2D eigenvalue weighted by Gasteiger charge is 2.28. The molecule has 0 saturated carbocycles. The third-order valence-electron chi connectivity index (χ3n) is 4.17. The minimum absolute atomic E-state index is 0.125. The number of likely N-dealkylation sites (tertiary alicyclic amines) is 1. The minimum atomic E-state index is -0.825. The van der Waals surface area contributed by atoms with E-state index in [1.165, 1.54) is 12.1 Å². The van der Waals surface area contributed by atoms with Gasteiger partial charge in [0.1, 0.15) is 11.6 Å². The number of hydrogen-bond acceptors (Lipinski definition) is 2. The van der Waals surface area contributed by atoms with Crippen molar-refractivity contribution in [3.05, 3.63) is 35.4 Å². The van der Waals surface area contributed by atoms with Crippen LogP contribution >= 0.6 is 0 Å². The normalized spacial score (nSPS) is 17.3. The van der Waals surface area contributed by atoms with Crippen LogP contribution in [0.2, 0.25) is 0 Å². The fourth-order valence-corrected chi connectivity index (χ4v) is 2.78. The van der Waals surface area contributed by atoms with E-state index >= 15 is 0 Å². The third kappa shape index (κ3) is 3.81. The van der Waals surface area contributed by atoms with Crippen LogP contribution in [0.1, 0.15) is 37.7 Å². The van der Waals surface area contributed by atoms with Crippen LogP contribution in [0.5, 0.6) is 0 Å². The van der Waals surface area contributed by atoms with E-state index in [0.29, 0.717) is 31.5 Å². The van der Waals surface area contributed by atoms with Crippen molar-refractivity contribution in [3.8, 4) is 0 Å². The van der Waals surface area contributed by atoms with E-state index in [4.69, 9.17) is 5.11 Å². The second kappa shape index (κ2) is 6.85. The Hall–Kier alpha value is -1.98. The molecule has 1 aliphatic rings. The Morgan fingerprint density at radius 1 is 1.32 bits per heavy atom. The van der Waals surface area contributed by atoms with Gasteiger partial charge < -0.3 is 10.0 Å². The van der Waals surface area contributed by atoms with E-state index in [1.54, 1.807) is 11.8 Å². The molecule has 1 heterocycles. The lowest BCUT2D eigenvalue weighted by Crippen LogP contribution is -2.40. The summed E-state index contributed by atoms with van der Waals surface area (Å²) in [5, 5.41) is 8.93. The molecule has 2 rings (SSSR count). The number of aliphatic carboxylic acids is 1. The van der Waals surface area contributed by atoms with Gasteiger partial charge in [0, 0.05) is 25.6 Å². The van der Waals surface area contributed by atoms with Crippen molar-refractivity contribution < 1.29 is 23.5 Å². The molecular formula is C16H19F2NO3. The number of nitrogens with zero attached hydrogens (tertiary/aromatic N) is 1. The third-order valence-corrected chi connectivity index (χ3v) is 4.17. The highest BCUT2D eigenvalue weighted by molar-refractivity contribution is 5.78. The Morgan fingerprint density at radius 2 is 1.95 bits per heavy atom. The van der Waals surface area contributed by atoms with E-state index in [9.17, 15) is 18.4 Å². The number of carboxylic acid groups (broad SMARTS) is 1. The van der Waals surface area contributed by atoms with Gasteiger partial charge >= 0.3 is 5.97 Å². The van der Waals surface area contributed by atoms with Crippen molar-refractivity contribution in [3.63, 3.8) is 0 Å². The molecule has 1 unspecified atom stereocenters. The second-order valence-electron chi connectivity index (χ2n) is 5.76. The minimum Gasteiger partial charge on any atom is -0.481 e. The molecule has 0 radical (unpaired) electrons. The van der Waals surface area contributed by atoms with E-state index in [1.807, 2.05) is 0 Å². The zero-order chi connectivity index (χ0) is 16.3. The van der Waals surface area contributed by atoms with Gasteiger partial charge in [0.2, 0.25) is 5.91 Å². The molecule has 0 aliphatic carbocycles. The predicted molar refractivity (Wildman–Crippen MR) is 76.3 cm³/mol. The molecule has 22 heavy (non-hydrogen) atoms. The molecule has 1 N–H and O–H groups in total. The van der Waals surface area contributed by atoms with Gasteiger partial charge in [-0.3, -0.25) is 9.59 Å². The van der Waals surface area contributed by atoms with Crippen LogP contribution in [0.15, 0.2) is 18.2 Å². The summed E-state index contributed by atoms with van der Waals surface area (Å²) in [4.78, 5) is 24.7. The van der Waals surface area contributed by atoms with Gasteiger partial charge in [-0.25, -0.2) is 8.78 Å². The van der Waals surface area contributed by atoms with Crippen molar-refractivity contribution in [2.75, 3.05) is 13.1 Å². The van der Waals surface area contributed by atoms with E-state index < -0.39 is 23.5 Å². The van der Waals surface area contributed by atoms with Crippen molar-refractivity contribution in [1.82, 2.24) is 4.90 Å². The predicted octanol–water partition coefficient (Wildman–Crippen LogP) is 2.78. The molecule has 1 fully saturated rings. The van der Waals surface area contributed by atoms with Crippen molar-refractivity contribution >= 4 is 11.9 Å². The van der Waals surface area contributed by atoms with Crippen LogP contribution in [0.4, 0.5) is 8.78 Å². The Balaban J connectivity index is 1.93. The Kier molecular flexibility index (Phi) is 5.11. The summed E-state index contributed by atoms with van der Waals surface area (Å²) in [5.41, 5.74) is 0.315. The quantitative estimate of drug-likeness (QED) is 0.930. The number of carboxylic acids is 1. The van der Waals surface area contributed by atoms with Crippen LogP contribution < -0.4 is 0 Å². The summed E-state index contributed by atoms with van der Waals surface area (Å²) >= 11 is 0. The lowest BCUT2D eigenvalue weighted by Gasteiger charge is -2.31.